The Hall–Kier alpha value is -2.70. The summed E-state index contributed by atoms with van der Waals surface area (Å²) in [6, 6.07) is 13.7. The topological polar surface area (TPSA) is 61.8 Å². The zero-order valence-electron chi connectivity index (χ0n) is 14.0. The first-order chi connectivity index (χ1) is 12.7. The molecule has 0 spiro atoms. The lowest BCUT2D eigenvalue weighted by Gasteiger charge is -2.01. The van der Waals surface area contributed by atoms with Crippen molar-refractivity contribution in [3.05, 3.63) is 69.6 Å². The molecule has 7 heteroatoms. The number of hydrogen-bond donors (Lipinski definition) is 2. The number of fused-ring (bicyclic) bond motifs is 1. The standard InChI is InChI=1S/C19H16ClN5S/c1-2-12-5-4-8-16-14(10-21-17(12)16)11-22-25-18(23-24-19(25)26)13-6-3-7-15(20)9-13/h3-11,21H,2H2,1H3,(H,24,26)/b22-11+. The summed E-state index contributed by atoms with van der Waals surface area (Å²) in [7, 11) is 0. The zero-order valence-corrected chi connectivity index (χ0v) is 15.6. The SMILES string of the molecule is CCc1cccc2c(/C=N/n3c(-c4cccc(Cl)c4)n[nH]c3=S)c[nH]c12. The van der Waals surface area contributed by atoms with Crippen molar-refractivity contribution in [2.24, 2.45) is 5.10 Å². The Balaban J connectivity index is 1.77. The molecule has 2 N–H and O–H groups in total. The van der Waals surface area contributed by atoms with E-state index in [9.17, 15) is 0 Å². The molecule has 0 radical (unpaired) electrons. The van der Waals surface area contributed by atoms with E-state index in [1.165, 1.54) is 5.56 Å². The molecule has 26 heavy (non-hydrogen) atoms. The van der Waals surface area contributed by atoms with Crippen LogP contribution in [0.3, 0.4) is 0 Å². The summed E-state index contributed by atoms with van der Waals surface area (Å²) in [4.78, 5) is 3.34. The summed E-state index contributed by atoms with van der Waals surface area (Å²) in [6.07, 6.45) is 4.72. The van der Waals surface area contributed by atoms with Crippen molar-refractivity contribution in [2.45, 2.75) is 13.3 Å². The number of halogens is 1. The highest BCUT2D eigenvalue weighted by Gasteiger charge is 2.09. The third kappa shape index (κ3) is 2.98. The molecule has 0 aliphatic rings. The van der Waals surface area contributed by atoms with Crippen LogP contribution in [0.15, 0.2) is 53.8 Å². The van der Waals surface area contributed by atoms with Gasteiger partial charge in [-0.15, -0.1) is 0 Å². The molecular formula is C19H16ClN5S. The van der Waals surface area contributed by atoms with Crippen LogP contribution < -0.4 is 0 Å². The van der Waals surface area contributed by atoms with Crippen molar-refractivity contribution in [3.8, 4) is 11.4 Å². The molecule has 2 aromatic heterocycles. The van der Waals surface area contributed by atoms with Crippen molar-refractivity contribution >= 4 is 40.9 Å². The van der Waals surface area contributed by atoms with E-state index in [-0.39, 0.29) is 0 Å². The van der Waals surface area contributed by atoms with E-state index in [1.54, 1.807) is 10.9 Å². The second-order valence-electron chi connectivity index (χ2n) is 5.86. The van der Waals surface area contributed by atoms with Crippen LogP contribution in [-0.4, -0.2) is 26.1 Å². The number of aryl methyl sites for hydroxylation is 1. The Morgan fingerprint density at radius 1 is 1.27 bits per heavy atom. The van der Waals surface area contributed by atoms with Gasteiger partial charge >= 0.3 is 0 Å². The predicted molar refractivity (Wildman–Crippen MR) is 109 cm³/mol. The van der Waals surface area contributed by atoms with Crippen molar-refractivity contribution in [1.29, 1.82) is 0 Å². The summed E-state index contributed by atoms with van der Waals surface area (Å²) in [5, 5.41) is 13.4. The Kier molecular flexibility index (Phi) is 4.44. The number of H-pyrrole nitrogens is 2. The number of nitrogens with one attached hydrogen (secondary N) is 2. The minimum atomic E-state index is 0.422. The van der Waals surface area contributed by atoms with Crippen LogP contribution in [0.5, 0.6) is 0 Å². The van der Waals surface area contributed by atoms with Crippen LogP contribution in [0.25, 0.3) is 22.3 Å². The maximum absolute atomic E-state index is 6.09. The second-order valence-corrected chi connectivity index (χ2v) is 6.68. The molecule has 0 saturated heterocycles. The van der Waals surface area contributed by atoms with E-state index in [4.69, 9.17) is 23.8 Å². The second kappa shape index (κ2) is 6.90. The Morgan fingerprint density at radius 2 is 2.12 bits per heavy atom. The molecule has 5 nitrogen and oxygen atoms in total. The highest BCUT2D eigenvalue weighted by atomic mass is 35.5. The monoisotopic (exact) mass is 381 g/mol. The van der Waals surface area contributed by atoms with Gasteiger partial charge in [0, 0.05) is 33.2 Å². The first-order valence-electron chi connectivity index (χ1n) is 8.24. The van der Waals surface area contributed by atoms with Gasteiger partial charge in [-0.25, -0.2) is 5.10 Å². The predicted octanol–water partition coefficient (Wildman–Crippen LogP) is 5.19. The minimum Gasteiger partial charge on any atom is -0.360 e. The molecule has 0 unspecified atom stereocenters. The number of aromatic amines is 2. The average Bonchev–Trinajstić information content (AvgIpc) is 3.23. The minimum absolute atomic E-state index is 0.422. The number of benzene rings is 2. The van der Waals surface area contributed by atoms with Crippen molar-refractivity contribution in [2.75, 3.05) is 0 Å². The molecule has 0 bridgehead atoms. The molecule has 2 aromatic carbocycles. The highest BCUT2D eigenvalue weighted by Crippen LogP contribution is 2.23. The number of rotatable bonds is 4. The van der Waals surface area contributed by atoms with Crippen LogP contribution >= 0.6 is 23.8 Å². The van der Waals surface area contributed by atoms with Gasteiger partial charge in [-0.3, -0.25) is 0 Å². The van der Waals surface area contributed by atoms with Gasteiger partial charge in [-0.05, 0) is 36.3 Å². The third-order valence-corrected chi connectivity index (χ3v) is 4.76. The molecule has 0 aliphatic carbocycles. The van der Waals surface area contributed by atoms with Gasteiger partial charge in [-0.2, -0.15) is 14.9 Å². The Labute approximate surface area is 160 Å². The number of nitrogens with zero attached hydrogens (tertiary/aromatic N) is 3. The number of hydrogen-bond acceptors (Lipinski definition) is 3. The quantitative estimate of drug-likeness (QED) is 0.377. The van der Waals surface area contributed by atoms with Gasteiger partial charge in [-0.1, -0.05) is 48.9 Å². The lowest BCUT2D eigenvalue weighted by atomic mass is 10.1. The first kappa shape index (κ1) is 16.8. The van der Waals surface area contributed by atoms with Crippen LogP contribution in [0.2, 0.25) is 5.02 Å². The van der Waals surface area contributed by atoms with Gasteiger partial charge < -0.3 is 4.98 Å². The summed E-state index contributed by atoms with van der Waals surface area (Å²) >= 11 is 11.4. The zero-order chi connectivity index (χ0) is 18.1. The summed E-state index contributed by atoms with van der Waals surface area (Å²) in [5.41, 5.74) is 4.26. The van der Waals surface area contributed by atoms with Gasteiger partial charge in [0.15, 0.2) is 5.82 Å². The molecule has 0 amide bonds. The van der Waals surface area contributed by atoms with Crippen LogP contribution in [0, 0.1) is 4.77 Å². The smallest absolute Gasteiger partial charge is 0.216 e. The van der Waals surface area contributed by atoms with Gasteiger partial charge in [0.25, 0.3) is 0 Å². The Morgan fingerprint density at radius 3 is 2.92 bits per heavy atom. The molecule has 4 aromatic rings. The fourth-order valence-electron chi connectivity index (χ4n) is 2.97. The largest absolute Gasteiger partial charge is 0.360 e. The van der Waals surface area contributed by atoms with Crippen molar-refractivity contribution in [1.82, 2.24) is 19.9 Å². The normalized spacial score (nSPS) is 11.6. The average molecular weight is 382 g/mol. The maximum atomic E-state index is 6.09. The molecule has 130 valence electrons. The van der Waals surface area contributed by atoms with Gasteiger partial charge in [0.2, 0.25) is 4.77 Å². The van der Waals surface area contributed by atoms with E-state index >= 15 is 0 Å². The molecule has 0 saturated carbocycles. The van der Waals surface area contributed by atoms with E-state index in [0.717, 1.165) is 28.5 Å². The lowest BCUT2D eigenvalue weighted by Crippen LogP contribution is -1.95. The third-order valence-electron chi connectivity index (χ3n) is 4.26. The van der Waals surface area contributed by atoms with Gasteiger partial charge in [0.05, 0.1) is 6.21 Å². The molecule has 0 aliphatic heterocycles. The van der Waals surface area contributed by atoms with Crippen molar-refractivity contribution in [3.63, 3.8) is 0 Å². The van der Waals surface area contributed by atoms with E-state index in [2.05, 4.69) is 45.4 Å². The molecule has 0 fully saturated rings. The fraction of sp³-hybridized carbons (Fsp3) is 0.105. The molecule has 0 atom stereocenters. The first-order valence-corrected chi connectivity index (χ1v) is 9.02. The van der Waals surface area contributed by atoms with E-state index < -0.39 is 0 Å². The summed E-state index contributed by atoms with van der Waals surface area (Å²) in [6.45, 7) is 2.14. The number of aromatic nitrogens is 4. The summed E-state index contributed by atoms with van der Waals surface area (Å²) < 4.78 is 2.02. The maximum Gasteiger partial charge on any atom is 0.216 e. The molecule has 4 rings (SSSR count). The fourth-order valence-corrected chi connectivity index (χ4v) is 3.34. The van der Waals surface area contributed by atoms with Crippen LogP contribution in [0.4, 0.5) is 0 Å². The van der Waals surface area contributed by atoms with Crippen molar-refractivity contribution < 1.29 is 0 Å². The molecular weight excluding hydrogens is 366 g/mol. The van der Waals surface area contributed by atoms with E-state index in [1.807, 2.05) is 30.5 Å². The van der Waals surface area contributed by atoms with Gasteiger partial charge in [0.1, 0.15) is 0 Å². The van der Waals surface area contributed by atoms with Crippen LogP contribution in [-0.2, 0) is 6.42 Å². The van der Waals surface area contributed by atoms with Crippen LogP contribution in [0.1, 0.15) is 18.1 Å². The summed E-state index contributed by atoms with van der Waals surface area (Å²) in [5.74, 6) is 0.614. The lowest BCUT2D eigenvalue weighted by molar-refractivity contribution is 0.872. The number of para-hydroxylation sites is 1. The highest BCUT2D eigenvalue weighted by molar-refractivity contribution is 7.71. The molecule has 2 heterocycles. The Bertz CT molecular complexity index is 1170. The van der Waals surface area contributed by atoms with E-state index in [0.29, 0.717) is 15.6 Å².